The van der Waals surface area contributed by atoms with Crippen LogP contribution in [0.5, 0.6) is 0 Å². The third kappa shape index (κ3) is 5.07. The van der Waals surface area contributed by atoms with Crippen LogP contribution in [0, 0.1) is 6.92 Å². The van der Waals surface area contributed by atoms with Gasteiger partial charge in [-0.25, -0.2) is 0 Å². The number of unbranched alkanes of at least 4 members (excludes halogenated alkanes) is 2. The van der Waals surface area contributed by atoms with E-state index in [1.807, 2.05) is 31.3 Å². The number of carbonyl (C=O) groups is 1. The van der Waals surface area contributed by atoms with E-state index >= 15 is 0 Å². The highest BCUT2D eigenvalue weighted by atomic mass is 16.1. The van der Waals surface area contributed by atoms with Crippen LogP contribution in [0.1, 0.15) is 80.0 Å². The van der Waals surface area contributed by atoms with Gasteiger partial charge in [-0.15, -0.1) is 0 Å². The Labute approximate surface area is 186 Å². The number of primary amides is 1. The fraction of sp³-hybridized carbons (Fsp3) is 0.407. The van der Waals surface area contributed by atoms with E-state index in [1.54, 1.807) is 0 Å². The number of aromatic nitrogens is 2. The minimum absolute atomic E-state index is 0.0792. The van der Waals surface area contributed by atoms with Gasteiger partial charge in [-0.2, -0.15) is 0 Å². The molecule has 0 radical (unpaired) electrons. The van der Waals surface area contributed by atoms with Gasteiger partial charge in [0.25, 0.3) is 5.91 Å². The number of benzene rings is 1. The second kappa shape index (κ2) is 9.51. The van der Waals surface area contributed by atoms with Gasteiger partial charge in [-0.05, 0) is 48.4 Å². The van der Waals surface area contributed by atoms with Crippen molar-refractivity contribution in [3.05, 3.63) is 76.9 Å². The molecule has 0 aliphatic heterocycles. The van der Waals surface area contributed by atoms with Gasteiger partial charge in [0, 0.05) is 23.1 Å². The van der Waals surface area contributed by atoms with Crippen molar-refractivity contribution in [2.45, 2.75) is 72.3 Å². The molecule has 0 bridgehead atoms. The molecule has 0 saturated heterocycles. The van der Waals surface area contributed by atoms with Crippen LogP contribution in [0.4, 0.5) is 0 Å². The summed E-state index contributed by atoms with van der Waals surface area (Å²) < 4.78 is 2.24. The molecule has 4 nitrogen and oxygen atoms in total. The van der Waals surface area contributed by atoms with Gasteiger partial charge in [-0.3, -0.25) is 9.78 Å². The highest BCUT2D eigenvalue weighted by Gasteiger charge is 2.25. The van der Waals surface area contributed by atoms with Crippen LogP contribution in [0.2, 0.25) is 0 Å². The fourth-order valence-corrected chi connectivity index (χ4v) is 4.22. The molecule has 0 aliphatic carbocycles. The topological polar surface area (TPSA) is 60.9 Å². The van der Waals surface area contributed by atoms with Gasteiger partial charge in [0.2, 0.25) is 0 Å². The number of carbonyl (C=O) groups excluding carboxylic acids is 1. The van der Waals surface area contributed by atoms with Crippen LogP contribution >= 0.6 is 0 Å². The second-order valence-electron chi connectivity index (χ2n) is 9.34. The van der Waals surface area contributed by atoms with Gasteiger partial charge in [0.05, 0.1) is 17.8 Å². The molecule has 1 aromatic carbocycles. The van der Waals surface area contributed by atoms with Crippen molar-refractivity contribution in [3.8, 4) is 11.1 Å². The molecule has 0 aliphatic rings. The molecule has 0 fully saturated rings. The maximum atomic E-state index is 12.6. The molecular formula is C27H35N3O. The Morgan fingerprint density at radius 3 is 2.32 bits per heavy atom. The summed E-state index contributed by atoms with van der Waals surface area (Å²) in [5.41, 5.74) is 13.0. The molecule has 31 heavy (non-hydrogen) atoms. The number of hydrogen-bond donors (Lipinski definition) is 1. The van der Waals surface area contributed by atoms with Gasteiger partial charge in [0.1, 0.15) is 0 Å². The standard InChI is InChI=1S/C27H35N3O/c1-6-7-8-12-23-25(20-13-15-21(16-14-20)27(3,4)5)24(26(28)31)19(2)30(23)18-22-11-9-10-17-29-22/h9-11,13-17H,6-8,12,18H2,1-5H3,(H2,28,31). The predicted molar refractivity (Wildman–Crippen MR) is 128 cm³/mol. The summed E-state index contributed by atoms with van der Waals surface area (Å²) in [4.78, 5) is 17.1. The lowest BCUT2D eigenvalue weighted by Crippen LogP contribution is -2.14. The Morgan fingerprint density at radius 1 is 1.06 bits per heavy atom. The molecule has 2 N–H and O–H groups in total. The van der Waals surface area contributed by atoms with Gasteiger partial charge < -0.3 is 10.3 Å². The lowest BCUT2D eigenvalue weighted by atomic mass is 9.86. The quantitative estimate of drug-likeness (QED) is 0.454. The van der Waals surface area contributed by atoms with E-state index in [4.69, 9.17) is 5.73 Å². The fourth-order valence-electron chi connectivity index (χ4n) is 4.22. The first kappa shape index (κ1) is 22.8. The lowest BCUT2D eigenvalue weighted by Gasteiger charge is -2.19. The number of nitrogens with zero attached hydrogens (tertiary/aromatic N) is 2. The van der Waals surface area contributed by atoms with Crippen molar-refractivity contribution in [3.63, 3.8) is 0 Å². The highest BCUT2D eigenvalue weighted by molar-refractivity contribution is 6.02. The van der Waals surface area contributed by atoms with Gasteiger partial charge >= 0.3 is 0 Å². The average Bonchev–Trinajstić information content (AvgIpc) is 3.00. The van der Waals surface area contributed by atoms with Crippen molar-refractivity contribution >= 4 is 5.91 Å². The molecule has 0 saturated carbocycles. The zero-order chi connectivity index (χ0) is 22.6. The van der Waals surface area contributed by atoms with Crippen LogP contribution in [-0.4, -0.2) is 15.5 Å². The molecule has 3 rings (SSSR count). The van der Waals surface area contributed by atoms with Gasteiger partial charge in [-0.1, -0.05) is 70.9 Å². The van der Waals surface area contributed by atoms with E-state index < -0.39 is 0 Å². The predicted octanol–water partition coefficient (Wildman–Crippen LogP) is 6.04. The summed E-state index contributed by atoms with van der Waals surface area (Å²) in [6.07, 6.45) is 6.10. The van der Waals surface area contributed by atoms with Crippen molar-refractivity contribution < 1.29 is 4.79 Å². The highest BCUT2D eigenvalue weighted by Crippen LogP contribution is 2.35. The molecule has 0 atom stereocenters. The number of hydrogen-bond acceptors (Lipinski definition) is 2. The van der Waals surface area contributed by atoms with E-state index in [9.17, 15) is 4.79 Å². The van der Waals surface area contributed by atoms with Crippen LogP contribution in [0.25, 0.3) is 11.1 Å². The normalized spacial score (nSPS) is 11.6. The monoisotopic (exact) mass is 417 g/mol. The Morgan fingerprint density at radius 2 is 1.77 bits per heavy atom. The molecule has 0 unspecified atom stereocenters. The maximum absolute atomic E-state index is 12.6. The van der Waals surface area contributed by atoms with E-state index in [0.29, 0.717) is 12.1 Å². The zero-order valence-corrected chi connectivity index (χ0v) is 19.5. The summed E-state index contributed by atoms with van der Waals surface area (Å²) in [5.74, 6) is -0.371. The molecule has 4 heteroatoms. The first-order valence-electron chi connectivity index (χ1n) is 11.3. The van der Waals surface area contributed by atoms with Crippen LogP contribution < -0.4 is 5.73 Å². The van der Waals surface area contributed by atoms with Gasteiger partial charge in [0.15, 0.2) is 0 Å². The molecule has 2 heterocycles. The van der Waals surface area contributed by atoms with Crippen LogP contribution in [0.3, 0.4) is 0 Å². The summed E-state index contributed by atoms with van der Waals surface area (Å²) >= 11 is 0. The summed E-state index contributed by atoms with van der Waals surface area (Å²) in [5, 5.41) is 0. The first-order valence-corrected chi connectivity index (χ1v) is 11.3. The summed E-state index contributed by atoms with van der Waals surface area (Å²) in [6.45, 7) is 11.5. The molecule has 0 spiro atoms. The van der Waals surface area contributed by atoms with Crippen LogP contribution in [0.15, 0.2) is 48.7 Å². The number of nitrogens with two attached hydrogens (primary N) is 1. The Kier molecular flexibility index (Phi) is 6.99. The van der Waals surface area contributed by atoms with Crippen molar-refractivity contribution in [2.24, 2.45) is 5.73 Å². The Hall–Kier alpha value is -2.88. The zero-order valence-electron chi connectivity index (χ0n) is 19.5. The molecule has 164 valence electrons. The number of amides is 1. The van der Waals surface area contributed by atoms with E-state index in [-0.39, 0.29) is 11.3 Å². The third-order valence-electron chi connectivity index (χ3n) is 5.98. The average molecular weight is 418 g/mol. The Balaban J connectivity index is 2.17. The number of rotatable bonds is 8. The maximum Gasteiger partial charge on any atom is 0.251 e. The van der Waals surface area contributed by atoms with Crippen LogP contribution in [-0.2, 0) is 18.4 Å². The SMILES string of the molecule is CCCCCc1c(-c2ccc(C(C)(C)C)cc2)c(C(N)=O)c(C)n1Cc1ccccn1. The van der Waals surface area contributed by atoms with Crippen molar-refractivity contribution in [1.82, 2.24) is 9.55 Å². The molecule has 1 amide bonds. The van der Waals surface area contributed by atoms with Crippen molar-refractivity contribution in [2.75, 3.05) is 0 Å². The molecular weight excluding hydrogens is 382 g/mol. The van der Waals surface area contributed by atoms with E-state index in [0.717, 1.165) is 48.2 Å². The smallest absolute Gasteiger partial charge is 0.251 e. The Bertz CT molecular complexity index is 1030. The minimum Gasteiger partial charge on any atom is -0.366 e. The minimum atomic E-state index is -0.371. The molecule has 3 aromatic rings. The van der Waals surface area contributed by atoms with E-state index in [2.05, 4.69) is 61.5 Å². The molecule has 2 aromatic heterocycles. The lowest BCUT2D eigenvalue weighted by molar-refractivity contribution is 0.1000. The second-order valence-corrected chi connectivity index (χ2v) is 9.34. The first-order chi connectivity index (χ1) is 14.7. The van der Waals surface area contributed by atoms with E-state index in [1.165, 1.54) is 11.3 Å². The third-order valence-corrected chi connectivity index (χ3v) is 5.98. The largest absolute Gasteiger partial charge is 0.366 e. The van der Waals surface area contributed by atoms with Crippen molar-refractivity contribution in [1.29, 1.82) is 0 Å². The summed E-state index contributed by atoms with van der Waals surface area (Å²) in [6, 6.07) is 14.6. The summed E-state index contributed by atoms with van der Waals surface area (Å²) in [7, 11) is 0. The number of pyridine rings is 1.